The van der Waals surface area contributed by atoms with Gasteiger partial charge in [0.2, 0.25) is 0 Å². The summed E-state index contributed by atoms with van der Waals surface area (Å²) in [6, 6.07) is 1.54. The maximum absolute atomic E-state index is 3.39. The van der Waals surface area contributed by atoms with Crippen molar-refractivity contribution in [3.8, 4) is 0 Å². The molecule has 2 nitrogen and oxygen atoms in total. The lowest BCUT2D eigenvalue weighted by Crippen LogP contribution is -2.47. The predicted octanol–water partition coefficient (Wildman–Crippen LogP) is 2.49. The van der Waals surface area contributed by atoms with Crippen molar-refractivity contribution in [1.82, 2.24) is 10.2 Å². The molecule has 0 aromatic rings. The summed E-state index contributed by atoms with van der Waals surface area (Å²) in [6.45, 7) is 9.62. The molecule has 1 aliphatic heterocycles. The number of hydrogen-bond donors (Lipinski definition) is 1. The van der Waals surface area contributed by atoms with Crippen LogP contribution in [0.25, 0.3) is 0 Å². The molecular formula is C13H28N2. The largest absolute Gasteiger partial charge is 0.317 e. The average molecular weight is 212 g/mol. The Morgan fingerprint density at radius 3 is 2.13 bits per heavy atom. The third-order valence-corrected chi connectivity index (χ3v) is 4.24. The van der Waals surface area contributed by atoms with E-state index in [0.29, 0.717) is 0 Å². The molecule has 90 valence electrons. The van der Waals surface area contributed by atoms with Crippen molar-refractivity contribution in [2.24, 2.45) is 5.92 Å². The highest BCUT2D eigenvalue weighted by molar-refractivity contribution is 4.81. The molecule has 2 heteroatoms. The standard InChI is InChI=1S/C13H28N2/c1-5-12(6-2)11(3)15-9-7-13(14-4)8-10-15/h11-14H,5-10H2,1-4H3. The van der Waals surface area contributed by atoms with E-state index < -0.39 is 0 Å². The molecule has 0 aliphatic carbocycles. The average Bonchev–Trinajstić information content (AvgIpc) is 2.30. The minimum absolute atomic E-state index is 0.759. The maximum Gasteiger partial charge on any atom is 0.00950 e. The summed E-state index contributed by atoms with van der Waals surface area (Å²) in [5, 5.41) is 3.39. The van der Waals surface area contributed by atoms with Crippen LogP contribution < -0.4 is 5.32 Å². The topological polar surface area (TPSA) is 15.3 Å². The Hall–Kier alpha value is -0.0800. The highest BCUT2D eigenvalue weighted by Gasteiger charge is 2.25. The fourth-order valence-electron chi connectivity index (χ4n) is 2.86. The summed E-state index contributed by atoms with van der Waals surface area (Å²) in [4.78, 5) is 2.69. The third kappa shape index (κ3) is 3.46. The van der Waals surface area contributed by atoms with Crippen LogP contribution >= 0.6 is 0 Å². The Labute approximate surface area is 95.4 Å². The van der Waals surface area contributed by atoms with Crippen molar-refractivity contribution >= 4 is 0 Å². The molecule has 0 spiro atoms. The molecule has 0 radical (unpaired) electrons. The smallest absolute Gasteiger partial charge is 0.00950 e. The SMILES string of the molecule is CCC(CC)C(C)N1CCC(NC)CC1. The Balaban J connectivity index is 2.38. The second kappa shape index (κ2) is 6.49. The molecule has 0 saturated carbocycles. The van der Waals surface area contributed by atoms with Crippen molar-refractivity contribution < 1.29 is 0 Å². The third-order valence-electron chi connectivity index (χ3n) is 4.24. The van der Waals surface area contributed by atoms with Gasteiger partial charge in [0.25, 0.3) is 0 Å². The minimum atomic E-state index is 0.759. The van der Waals surface area contributed by atoms with Gasteiger partial charge in [0.05, 0.1) is 0 Å². The number of hydrogen-bond acceptors (Lipinski definition) is 2. The number of likely N-dealkylation sites (tertiary alicyclic amines) is 1. The van der Waals surface area contributed by atoms with Crippen molar-refractivity contribution in [3.05, 3.63) is 0 Å². The number of nitrogens with one attached hydrogen (secondary N) is 1. The molecule has 0 bridgehead atoms. The molecule has 0 aromatic carbocycles. The van der Waals surface area contributed by atoms with E-state index in [1.54, 1.807) is 0 Å². The molecule has 0 aromatic heterocycles. The van der Waals surface area contributed by atoms with Crippen LogP contribution in [0.4, 0.5) is 0 Å². The Bertz CT molecular complexity index is 158. The van der Waals surface area contributed by atoms with E-state index in [0.717, 1.165) is 18.0 Å². The van der Waals surface area contributed by atoms with Gasteiger partial charge >= 0.3 is 0 Å². The quantitative estimate of drug-likeness (QED) is 0.753. The van der Waals surface area contributed by atoms with Gasteiger partial charge in [-0.3, -0.25) is 0 Å². The monoisotopic (exact) mass is 212 g/mol. The summed E-state index contributed by atoms with van der Waals surface area (Å²) < 4.78 is 0. The van der Waals surface area contributed by atoms with Gasteiger partial charge in [0, 0.05) is 12.1 Å². The summed E-state index contributed by atoms with van der Waals surface area (Å²) in [5.41, 5.74) is 0. The van der Waals surface area contributed by atoms with Crippen molar-refractivity contribution in [1.29, 1.82) is 0 Å². The van der Waals surface area contributed by atoms with E-state index in [9.17, 15) is 0 Å². The lowest BCUT2D eigenvalue weighted by atomic mass is 9.92. The molecule has 1 aliphatic rings. The van der Waals surface area contributed by atoms with Crippen LogP contribution in [0.3, 0.4) is 0 Å². The summed E-state index contributed by atoms with van der Waals surface area (Å²) in [6.07, 6.45) is 5.29. The summed E-state index contributed by atoms with van der Waals surface area (Å²) in [7, 11) is 2.09. The van der Waals surface area contributed by atoms with Gasteiger partial charge < -0.3 is 10.2 Å². The van der Waals surface area contributed by atoms with Crippen LogP contribution in [0.2, 0.25) is 0 Å². The van der Waals surface area contributed by atoms with Gasteiger partial charge in [0.15, 0.2) is 0 Å². The summed E-state index contributed by atoms with van der Waals surface area (Å²) in [5.74, 6) is 0.885. The second-order valence-electron chi connectivity index (χ2n) is 4.92. The van der Waals surface area contributed by atoms with E-state index in [1.165, 1.54) is 38.8 Å². The van der Waals surface area contributed by atoms with Crippen LogP contribution in [0, 0.1) is 5.92 Å². The van der Waals surface area contributed by atoms with Gasteiger partial charge in [0.1, 0.15) is 0 Å². The lowest BCUT2D eigenvalue weighted by Gasteiger charge is -2.39. The molecule has 1 rings (SSSR count). The second-order valence-corrected chi connectivity index (χ2v) is 4.92. The van der Waals surface area contributed by atoms with Crippen LogP contribution in [0.15, 0.2) is 0 Å². The van der Waals surface area contributed by atoms with E-state index in [-0.39, 0.29) is 0 Å². The first-order chi connectivity index (χ1) is 7.22. The molecular weight excluding hydrogens is 184 g/mol. The van der Waals surface area contributed by atoms with E-state index >= 15 is 0 Å². The number of nitrogens with zero attached hydrogens (tertiary/aromatic N) is 1. The van der Waals surface area contributed by atoms with E-state index in [2.05, 4.69) is 38.0 Å². The maximum atomic E-state index is 3.39. The van der Waals surface area contributed by atoms with Gasteiger partial charge in [-0.15, -0.1) is 0 Å². The zero-order chi connectivity index (χ0) is 11.3. The van der Waals surface area contributed by atoms with E-state index in [1.807, 2.05) is 0 Å². The zero-order valence-corrected chi connectivity index (χ0v) is 10.9. The van der Waals surface area contributed by atoms with Crippen molar-refractivity contribution in [3.63, 3.8) is 0 Å². The van der Waals surface area contributed by atoms with Gasteiger partial charge in [-0.2, -0.15) is 0 Å². The molecule has 1 atom stereocenters. The molecule has 1 unspecified atom stereocenters. The first-order valence-corrected chi connectivity index (χ1v) is 6.64. The van der Waals surface area contributed by atoms with Crippen molar-refractivity contribution in [2.75, 3.05) is 20.1 Å². The predicted molar refractivity (Wildman–Crippen MR) is 67.2 cm³/mol. The molecule has 1 saturated heterocycles. The van der Waals surface area contributed by atoms with Crippen molar-refractivity contribution in [2.45, 2.75) is 58.5 Å². The molecule has 1 heterocycles. The van der Waals surface area contributed by atoms with E-state index in [4.69, 9.17) is 0 Å². The molecule has 1 fully saturated rings. The molecule has 15 heavy (non-hydrogen) atoms. The first kappa shape index (κ1) is 13.0. The number of piperidine rings is 1. The van der Waals surface area contributed by atoms with Gasteiger partial charge in [-0.05, 0) is 45.8 Å². The fraction of sp³-hybridized carbons (Fsp3) is 1.00. The first-order valence-electron chi connectivity index (χ1n) is 6.64. The van der Waals surface area contributed by atoms with Crippen LogP contribution in [-0.4, -0.2) is 37.1 Å². The zero-order valence-electron chi connectivity index (χ0n) is 10.9. The molecule has 0 amide bonds. The van der Waals surface area contributed by atoms with Crippen LogP contribution in [-0.2, 0) is 0 Å². The molecule has 1 N–H and O–H groups in total. The highest BCUT2D eigenvalue weighted by Crippen LogP contribution is 2.21. The van der Waals surface area contributed by atoms with Gasteiger partial charge in [-0.25, -0.2) is 0 Å². The highest BCUT2D eigenvalue weighted by atomic mass is 15.2. The van der Waals surface area contributed by atoms with Crippen LogP contribution in [0.5, 0.6) is 0 Å². The lowest BCUT2D eigenvalue weighted by molar-refractivity contribution is 0.111. The minimum Gasteiger partial charge on any atom is -0.317 e. The van der Waals surface area contributed by atoms with Crippen LogP contribution in [0.1, 0.15) is 46.5 Å². The summed E-state index contributed by atoms with van der Waals surface area (Å²) >= 11 is 0. The number of rotatable bonds is 5. The Kier molecular flexibility index (Phi) is 5.62. The fourth-order valence-corrected chi connectivity index (χ4v) is 2.86. The normalized spacial score (nSPS) is 22.2. The Morgan fingerprint density at radius 1 is 1.20 bits per heavy atom. The van der Waals surface area contributed by atoms with Gasteiger partial charge in [-0.1, -0.05) is 26.7 Å². The Morgan fingerprint density at radius 2 is 1.73 bits per heavy atom.